The molecule has 0 atom stereocenters. The highest BCUT2D eigenvalue weighted by atomic mass is 35.5. The van der Waals surface area contributed by atoms with Crippen molar-refractivity contribution in [3.8, 4) is 11.5 Å². The summed E-state index contributed by atoms with van der Waals surface area (Å²) in [6.45, 7) is 2.07. The maximum absolute atomic E-state index is 12.7. The number of esters is 1. The Morgan fingerprint density at radius 3 is 2.70 bits per heavy atom. The van der Waals surface area contributed by atoms with Crippen molar-refractivity contribution in [1.82, 2.24) is 10.2 Å². The van der Waals surface area contributed by atoms with E-state index in [1.807, 2.05) is 6.92 Å². The number of furan rings is 1. The molecule has 1 saturated heterocycles. The Balaban J connectivity index is 1.83. The number of nitrogens with one attached hydrogen (secondary N) is 1. The molecule has 0 saturated carbocycles. The Morgan fingerprint density at radius 1 is 1.27 bits per heavy atom. The predicted octanol–water partition coefficient (Wildman–Crippen LogP) is 3.22. The zero-order chi connectivity index (χ0) is 21.8. The lowest BCUT2D eigenvalue weighted by atomic mass is 10.1. The standard InChI is InChI=1S/C20H19ClN2O7/c1-4-29-16-9-11(7-13(21)17(16)27-2)8-14-18(24)23(20(26)22-14)10-12-5-6-15(30-12)19(25)28-3/h5-9H,4,10H2,1-3H3,(H,22,26)/b14-8-. The minimum Gasteiger partial charge on any atom is -0.491 e. The second kappa shape index (κ2) is 8.91. The molecule has 1 aromatic carbocycles. The van der Waals surface area contributed by atoms with E-state index >= 15 is 0 Å². The molecule has 0 aliphatic carbocycles. The van der Waals surface area contributed by atoms with Gasteiger partial charge in [0.2, 0.25) is 5.76 Å². The number of halogens is 1. The van der Waals surface area contributed by atoms with Crippen LogP contribution in [0.3, 0.4) is 0 Å². The fraction of sp³-hybridized carbons (Fsp3) is 0.250. The summed E-state index contributed by atoms with van der Waals surface area (Å²) >= 11 is 6.23. The summed E-state index contributed by atoms with van der Waals surface area (Å²) in [6.07, 6.45) is 1.48. The Bertz CT molecular complexity index is 1030. The number of amides is 3. The monoisotopic (exact) mass is 434 g/mol. The van der Waals surface area contributed by atoms with Gasteiger partial charge in [0, 0.05) is 0 Å². The molecule has 30 heavy (non-hydrogen) atoms. The molecule has 1 aliphatic rings. The van der Waals surface area contributed by atoms with E-state index in [-0.39, 0.29) is 23.8 Å². The van der Waals surface area contributed by atoms with E-state index in [9.17, 15) is 14.4 Å². The quantitative estimate of drug-likeness (QED) is 0.405. The molecule has 1 N–H and O–H groups in total. The molecule has 9 nitrogen and oxygen atoms in total. The van der Waals surface area contributed by atoms with E-state index < -0.39 is 17.9 Å². The molecule has 0 radical (unpaired) electrons. The highest BCUT2D eigenvalue weighted by Gasteiger charge is 2.34. The van der Waals surface area contributed by atoms with Crippen LogP contribution >= 0.6 is 11.6 Å². The van der Waals surface area contributed by atoms with Crippen molar-refractivity contribution in [2.24, 2.45) is 0 Å². The number of rotatable bonds is 7. The Hall–Kier alpha value is -3.46. The maximum Gasteiger partial charge on any atom is 0.373 e. The first-order valence-electron chi connectivity index (χ1n) is 8.89. The van der Waals surface area contributed by atoms with Crippen molar-refractivity contribution < 1.29 is 33.0 Å². The fourth-order valence-corrected chi connectivity index (χ4v) is 3.14. The number of hydrogen-bond donors (Lipinski definition) is 1. The number of benzene rings is 1. The van der Waals surface area contributed by atoms with Crippen LogP contribution in [0.1, 0.15) is 28.8 Å². The molecular formula is C20H19ClN2O7. The first-order valence-corrected chi connectivity index (χ1v) is 9.27. The van der Waals surface area contributed by atoms with Crippen LogP contribution in [-0.2, 0) is 16.1 Å². The van der Waals surface area contributed by atoms with Gasteiger partial charge in [-0.2, -0.15) is 0 Å². The topological polar surface area (TPSA) is 107 Å². The SMILES string of the molecule is CCOc1cc(/C=C2\NC(=O)N(Cc3ccc(C(=O)OC)o3)C2=O)cc(Cl)c1OC. The molecule has 10 heteroatoms. The van der Waals surface area contributed by atoms with Gasteiger partial charge in [-0.15, -0.1) is 0 Å². The summed E-state index contributed by atoms with van der Waals surface area (Å²) in [5.74, 6) is -0.179. The predicted molar refractivity (Wildman–Crippen MR) is 106 cm³/mol. The lowest BCUT2D eigenvalue weighted by molar-refractivity contribution is -0.123. The highest BCUT2D eigenvalue weighted by molar-refractivity contribution is 6.32. The second-order valence-electron chi connectivity index (χ2n) is 6.10. The van der Waals surface area contributed by atoms with E-state index in [1.165, 1.54) is 32.4 Å². The molecule has 0 bridgehead atoms. The zero-order valence-electron chi connectivity index (χ0n) is 16.5. The van der Waals surface area contributed by atoms with Crippen molar-refractivity contribution >= 4 is 35.6 Å². The van der Waals surface area contributed by atoms with Crippen molar-refractivity contribution in [2.75, 3.05) is 20.8 Å². The smallest absolute Gasteiger partial charge is 0.373 e. The van der Waals surface area contributed by atoms with Gasteiger partial charge in [-0.05, 0) is 42.8 Å². The molecular weight excluding hydrogens is 416 g/mol. The lowest BCUT2D eigenvalue weighted by Crippen LogP contribution is -2.30. The number of nitrogens with zero attached hydrogens (tertiary/aromatic N) is 1. The summed E-state index contributed by atoms with van der Waals surface area (Å²) in [7, 11) is 2.70. The van der Waals surface area contributed by atoms with Crippen LogP contribution in [0.2, 0.25) is 5.02 Å². The third kappa shape index (κ3) is 4.25. The molecule has 3 rings (SSSR count). The van der Waals surface area contributed by atoms with Gasteiger partial charge in [0.05, 0.1) is 32.4 Å². The van der Waals surface area contributed by atoms with E-state index in [2.05, 4.69) is 10.1 Å². The second-order valence-corrected chi connectivity index (χ2v) is 6.51. The summed E-state index contributed by atoms with van der Waals surface area (Å²) in [5, 5.41) is 2.81. The summed E-state index contributed by atoms with van der Waals surface area (Å²) in [5.41, 5.74) is 0.601. The van der Waals surface area contributed by atoms with E-state index in [4.69, 9.17) is 25.5 Å². The van der Waals surface area contributed by atoms with Crippen molar-refractivity contribution in [1.29, 1.82) is 0 Å². The molecule has 3 amide bonds. The van der Waals surface area contributed by atoms with Gasteiger partial charge in [-0.3, -0.25) is 9.69 Å². The number of urea groups is 1. The van der Waals surface area contributed by atoms with Gasteiger partial charge in [-0.25, -0.2) is 9.59 Å². The average molecular weight is 435 g/mol. The average Bonchev–Trinajstić information content (AvgIpc) is 3.28. The molecule has 1 fully saturated rings. The van der Waals surface area contributed by atoms with Gasteiger partial charge >= 0.3 is 12.0 Å². The first kappa shape index (κ1) is 21.3. The van der Waals surface area contributed by atoms with Gasteiger partial charge in [0.25, 0.3) is 5.91 Å². The number of carbonyl (C=O) groups excluding carboxylic acids is 3. The number of ether oxygens (including phenoxy) is 3. The van der Waals surface area contributed by atoms with Crippen molar-refractivity contribution in [3.05, 3.63) is 52.1 Å². The molecule has 2 aromatic rings. The first-order chi connectivity index (χ1) is 14.4. The minimum absolute atomic E-state index is 0.0216. The van der Waals surface area contributed by atoms with Crippen LogP contribution in [0, 0.1) is 0 Å². The largest absolute Gasteiger partial charge is 0.491 e. The van der Waals surface area contributed by atoms with Crippen LogP contribution in [0.25, 0.3) is 6.08 Å². The van der Waals surface area contributed by atoms with Crippen molar-refractivity contribution in [3.63, 3.8) is 0 Å². The third-order valence-corrected chi connectivity index (χ3v) is 4.45. The Kier molecular flexibility index (Phi) is 6.31. The molecule has 1 aliphatic heterocycles. The van der Waals surface area contributed by atoms with E-state index in [0.29, 0.717) is 28.7 Å². The Labute approximate surface area is 177 Å². The van der Waals surface area contributed by atoms with Crippen molar-refractivity contribution in [2.45, 2.75) is 13.5 Å². The van der Waals surface area contributed by atoms with Crippen LogP contribution in [0.4, 0.5) is 4.79 Å². The minimum atomic E-state index is -0.652. The fourth-order valence-electron chi connectivity index (χ4n) is 2.84. The molecule has 158 valence electrons. The van der Waals surface area contributed by atoms with Crippen LogP contribution in [0.5, 0.6) is 11.5 Å². The summed E-state index contributed by atoms with van der Waals surface area (Å²) in [6, 6.07) is 5.52. The van der Waals surface area contributed by atoms with E-state index in [0.717, 1.165) is 4.90 Å². The molecule has 2 heterocycles. The van der Waals surface area contributed by atoms with Gasteiger partial charge < -0.3 is 23.9 Å². The molecule has 0 unspecified atom stereocenters. The summed E-state index contributed by atoms with van der Waals surface area (Å²) in [4.78, 5) is 37.4. The third-order valence-electron chi connectivity index (χ3n) is 4.17. The lowest BCUT2D eigenvalue weighted by Gasteiger charge is -2.12. The number of hydrogen-bond acceptors (Lipinski definition) is 7. The zero-order valence-corrected chi connectivity index (χ0v) is 17.2. The number of methoxy groups -OCH3 is 2. The highest BCUT2D eigenvalue weighted by Crippen LogP contribution is 2.37. The normalized spacial score (nSPS) is 14.8. The van der Waals surface area contributed by atoms with Gasteiger partial charge in [0.15, 0.2) is 11.5 Å². The van der Waals surface area contributed by atoms with Gasteiger partial charge in [-0.1, -0.05) is 11.6 Å². The Morgan fingerprint density at radius 2 is 2.03 bits per heavy atom. The maximum atomic E-state index is 12.7. The van der Waals surface area contributed by atoms with Crippen LogP contribution in [0.15, 0.2) is 34.4 Å². The van der Waals surface area contributed by atoms with Crippen LogP contribution in [-0.4, -0.2) is 43.6 Å². The molecule has 1 aromatic heterocycles. The van der Waals surface area contributed by atoms with E-state index in [1.54, 1.807) is 12.1 Å². The van der Waals surface area contributed by atoms with Gasteiger partial charge in [0.1, 0.15) is 11.5 Å². The number of imide groups is 1. The number of carbonyl (C=O) groups is 3. The summed E-state index contributed by atoms with van der Waals surface area (Å²) < 4.78 is 20.6. The molecule has 0 spiro atoms. The van der Waals surface area contributed by atoms with Crippen LogP contribution < -0.4 is 14.8 Å².